The first kappa shape index (κ1) is 18.6. The summed E-state index contributed by atoms with van der Waals surface area (Å²) >= 11 is 0. The van der Waals surface area contributed by atoms with Crippen molar-refractivity contribution in [2.45, 2.75) is 33.7 Å². The van der Waals surface area contributed by atoms with E-state index in [1.807, 2.05) is 13.1 Å². The van der Waals surface area contributed by atoms with E-state index >= 15 is 0 Å². The second-order valence-electron chi connectivity index (χ2n) is 7.48. The molecule has 1 aromatic carbocycles. The highest BCUT2D eigenvalue weighted by Crippen LogP contribution is 2.30. The molecule has 1 aliphatic heterocycles. The summed E-state index contributed by atoms with van der Waals surface area (Å²) < 4.78 is 5.47. The molecule has 0 radical (unpaired) electrons. The first-order valence-electron chi connectivity index (χ1n) is 9.83. The van der Waals surface area contributed by atoms with Gasteiger partial charge in [-0.25, -0.2) is 4.98 Å². The van der Waals surface area contributed by atoms with Crippen molar-refractivity contribution in [1.29, 1.82) is 0 Å². The molecule has 28 heavy (non-hydrogen) atoms. The molecule has 1 atom stereocenters. The quantitative estimate of drug-likeness (QED) is 0.742. The van der Waals surface area contributed by atoms with Crippen LogP contribution in [0.3, 0.4) is 0 Å². The van der Waals surface area contributed by atoms with E-state index in [0.29, 0.717) is 0 Å². The van der Waals surface area contributed by atoms with Gasteiger partial charge in [-0.1, -0.05) is 18.2 Å². The third kappa shape index (κ3) is 3.52. The van der Waals surface area contributed by atoms with Crippen molar-refractivity contribution in [2.75, 3.05) is 36.5 Å². The second kappa shape index (κ2) is 7.72. The van der Waals surface area contributed by atoms with Gasteiger partial charge in [-0.05, 0) is 50.5 Å². The number of anilines is 2. The number of benzene rings is 1. The molecule has 2 aromatic heterocycles. The summed E-state index contributed by atoms with van der Waals surface area (Å²) in [6.45, 7) is 11.7. The zero-order valence-electron chi connectivity index (χ0n) is 17.0. The Labute approximate surface area is 165 Å². The van der Waals surface area contributed by atoms with Gasteiger partial charge in [0.15, 0.2) is 5.82 Å². The van der Waals surface area contributed by atoms with Crippen molar-refractivity contribution in [2.24, 2.45) is 0 Å². The third-order valence-electron chi connectivity index (χ3n) is 5.64. The number of fused-ring (bicyclic) bond motifs is 1. The fourth-order valence-corrected chi connectivity index (χ4v) is 3.76. The van der Waals surface area contributed by atoms with Crippen LogP contribution in [-0.2, 0) is 4.74 Å². The van der Waals surface area contributed by atoms with E-state index in [0.717, 1.165) is 54.4 Å². The summed E-state index contributed by atoms with van der Waals surface area (Å²) in [5, 5.41) is 14.5. The maximum Gasteiger partial charge on any atom is 0.157 e. The van der Waals surface area contributed by atoms with Crippen molar-refractivity contribution in [3.8, 4) is 0 Å². The van der Waals surface area contributed by atoms with Crippen molar-refractivity contribution >= 4 is 22.4 Å². The summed E-state index contributed by atoms with van der Waals surface area (Å²) in [6.07, 6.45) is 1.91. The Balaban J connectivity index is 1.71. The Morgan fingerprint density at radius 1 is 1.07 bits per heavy atom. The van der Waals surface area contributed by atoms with Crippen LogP contribution in [0.15, 0.2) is 30.5 Å². The number of hydrogen-bond acceptors (Lipinski definition) is 6. The van der Waals surface area contributed by atoms with Crippen LogP contribution in [0.5, 0.6) is 0 Å². The van der Waals surface area contributed by atoms with Gasteiger partial charge < -0.3 is 15.0 Å². The summed E-state index contributed by atoms with van der Waals surface area (Å²) in [4.78, 5) is 6.93. The van der Waals surface area contributed by atoms with Gasteiger partial charge in [-0.2, -0.15) is 5.10 Å². The molecule has 4 rings (SSSR count). The van der Waals surface area contributed by atoms with Crippen LogP contribution in [0, 0.1) is 20.8 Å². The lowest BCUT2D eigenvalue weighted by Crippen LogP contribution is -2.36. The number of nitrogens with zero attached hydrogens (tertiary/aromatic N) is 4. The lowest BCUT2D eigenvalue weighted by molar-refractivity contribution is 0.122. The zero-order valence-corrected chi connectivity index (χ0v) is 17.0. The van der Waals surface area contributed by atoms with Gasteiger partial charge in [0.25, 0.3) is 0 Å². The molecular formula is C22H27N5O. The molecule has 6 nitrogen and oxygen atoms in total. The molecule has 0 unspecified atom stereocenters. The number of aromatic nitrogens is 3. The number of hydrogen-bond donors (Lipinski definition) is 1. The van der Waals surface area contributed by atoms with Gasteiger partial charge in [0.05, 0.1) is 24.9 Å². The van der Waals surface area contributed by atoms with Crippen LogP contribution in [0.2, 0.25) is 0 Å². The molecule has 0 amide bonds. The second-order valence-corrected chi connectivity index (χ2v) is 7.48. The Bertz CT molecular complexity index is 998. The molecule has 1 N–H and O–H groups in total. The van der Waals surface area contributed by atoms with E-state index in [-0.39, 0.29) is 6.04 Å². The molecular weight excluding hydrogens is 350 g/mol. The molecule has 6 heteroatoms. The number of morpholine rings is 1. The van der Waals surface area contributed by atoms with E-state index in [2.05, 4.69) is 70.4 Å². The van der Waals surface area contributed by atoms with E-state index < -0.39 is 0 Å². The maximum absolute atomic E-state index is 5.47. The Morgan fingerprint density at radius 3 is 2.64 bits per heavy atom. The van der Waals surface area contributed by atoms with E-state index in [1.165, 1.54) is 16.7 Å². The highest BCUT2D eigenvalue weighted by molar-refractivity contribution is 5.94. The molecule has 0 aliphatic carbocycles. The molecule has 146 valence electrons. The number of ether oxygens (including phenoxy) is 1. The monoisotopic (exact) mass is 377 g/mol. The minimum Gasteiger partial charge on any atom is -0.378 e. The minimum atomic E-state index is 0.125. The van der Waals surface area contributed by atoms with Crippen LogP contribution in [0.4, 0.5) is 11.6 Å². The molecule has 3 aromatic rings. The Hall–Kier alpha value is -2.73. The van der Waals surface area contributed by atoms with Crippen molar-refractivity contribution < 1.29 is 4.74 Å². The number of pyridine rings is 1. The lowest BCUT2D eigenvalue weighted by atomic mass is 9.98. The van der Waals surface area contributed by atoms with Gasteiger partial charge >= 0.3 is 0 Å². The first-order chi connectivity index (χ1) is 13.5. The van der Waals surface area contributed by atoms with Crippen LogP contribution >= 0.6 is 0 Å². The van der Waals surface area contributed by atoms with Gasteiger partial charge in [-0.3, -0.25) is 0 Å². The zero-order chi connectivity index (χ0) is 19.7. The smallest absolute Gasteiger partial charge is 0.157 e. The topological polar surface area (TPSA) is 63.2 Å². The minimum absolute atomic E-state index is 0.125. The predicted molar refractivity (Wildman–Crippen MR) is 113 cm³/mol. The normalized spacial score (nSPS) is 15.6. The molecule has 1 fully saturated rings. The fraction of sp³-hybridized carbons (Fsp3) is 0.409. The van der Waals surface area contributed by atoms with Gasteiger partial charge in [0.2, 0.25) is 0 Å². The Morgan fingerprint density at radius 2 is 1.86 bits per heavy atom. The van der Waals surface area contributed by atoms with Crippen molar-refractivity contribution in [3.63, 3.8) is 0 Å². The first-order valence-corrected chi connectivity index (χ1v) is 9.83. The average Bonchev–Trinajstić information content (AvgIpc) is 2.72. The molecule has 3 heterocycles. The third-order valence-corrected chi connectivity index (χ3v) is 5.64. The summed E-state index contributed by atoms with van der Waals surface area (Å²) in [5.74, 6) is 1.76. The van der Waals surface area contributed by atoms with Gasteiger partial charge in [-0.15, -0.1) is 5.10 Å². The average molecular weight is 377 g/mol. The van der Waals surface area contributed by atoms with Gasteiger partial charge in [0, 0.05) is 30.1 Å². The number of aryl methyl sites for hydroxylation is 2. The molecule has 0 saturated carbocycles. The fourth-order valence-electron chi connectivity index (χ4n) is 3.76. The van der Waals surface area contributed by atoms with Crippen molar-refractivity contribution in [1.82, 2.24) is 15.2 Å². The standard InChI is InChI=1S/C22H27N5O/c1-14-6-5-7-18(15(14)2)16(3)24-22-19-12-21(27-8-10-28-11-9-27)23-13-20(19)17(4)25-26-22/h5-7,12-13,16H,8-11H2,1-4H3,(H,24,26)/t16-/m1/s1. The molecule has 1 aliphatic rings. The largest absolute Gasteiger partial charge is 0.378 e. The van der Waals surface area contributed by atoms with Crippen LogP contribution in [0.1, 0.15) is 35.3 Å². The van der Waals surface area contributed by atoms with E-state index in [1.54, 1.807) is 0 Å². The van der Waals surface area contributed by atoms with E-state index in [4.69, 9.17) is 4.74 Å². The van der Waals surface area contributed by atoms with Crippen molar-refractivity contribution in [3.05, 3.63) is 52.8 Å². The summed E-state index contributed by atoms with van der Waals surface area (Å²) in [6, 6.07) is 8.67. The molecule has 1 saturated heterocycles. The Kier molecular flexibility index (Phi) is 5.13. The van der Waals surface area contributed by atoms with Crippen LogP contribution in [-0.4, -0.2) is 41.5 Å². The maximum atomic E-state index is 5.47. The van der Waals surface area contributed by atoms with E-state index in [9.17, 15) is 0 Å². The van der Waals surface area contributed by atoms with Crippen LogP contribution in [0.25, 0.3) is 10.8 Å². The molecule has 0 bridgehead atoms. The molecule has 0 spiro atoms. The lowest BCUT2D eigenvalue weighted by Gasteiger charge is -2.28. The van der Waals surface area contributed by atoms with Gasteiger partial charge in [0.1, 0.15) is 5.82 Å². The SMILES string of the molecule is Cc1cccc([C@@H](C)Nc2nnc(C)c3cnc(N4CCOCC4)cc23)c1C. The predicted octanol–water partition coefficient (Wildman–Crippen LogP) is 3.96. The highest BCUT2D eigenvalue weighted by atomic mass is 16.5. The summed E-state index contributed by atoms with van der Waals surface area (Å²) in [7, 11) is 0. The number of rotatable bonds is 4. The highest BCUT2D eigenvalue weighted by Gasteiger charge is 2.17. The van der Waals surface area contributed by atoms with Crippen LogP contribution < -0.4 is 10.2 Å². The summed E-state index contributed by atoms with van der Waals surface area (Å²) in [5.41, 5.74) is 4.77. The number of nitrogens with one attached hydrogen (secondary N) is 1.